The summed E-state index contributed by atoms with van der Waals surface area (Å²) in [6, 6.07) is 13.0. The molecule has 1 aromatic heterocycles. The second kappa shape index (κ2) is 5.28. The SMILES string of the molecule is CNC(Cc1ccc2ccccc2n1)C(C)C. The van der Waals surface area contributed by atoms with Crippen LogP contribution in [-0.4, -0.2) is 18.1 Å². The molecule has 0 saturated carbocycles. The predicted molar refractivity (Wildman–Crippen MR) is 73.1 cm³/mol. The van der Waals surface area contributed by atoms with Crippen molar-refractivity contribution >= 4 is 10.9 Å². The smallest absolute Gasteiger partial charge is 0.0705 e. The van der Waals surface area contributed by atoms with Crippen molar-refractivity contribution in [3.63, 3.8) is 0 Å². The van der Waals surface area contributed by atoms with Crippen LogP contribution in [0.4, 0.5) is 0 Å². The summed E-state index contributed by atoms with van der Waals surface area (Å²) in [5.41, 5.74) is 2.25. The third-order valence-electron chi connectivity index (χ3n) is 3.26. The average Bonchev–Trinajstić information content (AvgIpc) is 2.35. The molecule has 0 aliphatic carbocycles. The zero-order valence-electron chi connectivity index (χ0n) is 10.8. The number of rotatable bonds is 4. The third kappa shape index (κ3) is 2.83. The molecule has 1 heterocycles. The highest BCUT2D eigenvalue weighted by Crippen LogP contribution is 2.14. The normalized spacial score (nSPS) is 13.2. The second-order valence-corrected chi connectivity index (χ2v) is 4.84. The third-order valence-corrected chi connectivity index (χ3v) is 3.26. The van der Waals surface area contributed by atoms with Gasteiger partial charge in [0.05, 0.1) is 5.52 Å². The first-order valence-corrected chi connectivity index (χ1v) is 6.22. The minimum absolute atomic E-state index is 0.490. The molecule has 1 atom stereocenters. The molecule has 0 spiro atoms. The Bertz CT molecular complexity index is 491. The van der Waals surface area contributed by atoms with Gasteiger partial charge >= 0.3 is 0 Å². The van der Waals surface area contributed by atoms with Gasteiger partial charge < -0.3 is 5.32 Å². The lowest BCUT2D eigenvalue weighted by molar-refractivity contribution is 0.422. The molecule has 1 aromatic carbocycles. The van der Waals surface area contributed by atoms with Crippen LogP contribution in [0.15, 0.2) is 36.4 Å². The van der Waals surface area contributed by atoms with Crippen molar-refractivity contribution < 1.29 is 0 Å². The minimum Gasteiger partial charge on any atom is -0.316 e. The van der Waals surface area contributed by atoms with Gasteiger partial charge in [-0.3, -0.25) is 4.98 Å². The number of aromatic nitrogens is 1. The molecular formula is C15H20N2. The van der Waals surface area contributed by atoms with Crippen LogP contribution in [0.5, 0.6) is 0 Å². The van der Waals surface area contributed by atoms with Crippen LogP contribution in [0.3, 0.4) is 0 Å². The van der Waals surface area contributed by atoms with Gasteiger partial charge in [-0.05, 0) is 25.1 Å². The van der Waals surface area contributed by atoms with E-state index in [1.54, 1.807) is 0 Å². The maximum Gasteiger partial charge on any atom is 0.0705 e. The molecule has 0 aliphatic heterocycles. The Kier molecular flexibility index (Phi) is 3.75. The molecule has 2 nitrogen and oxygen atoms in total. The van der Waals surface area contributed by atoms with Gasteiger partial charge in [-0.2, -0.15) is 0 Å². The molecule has 0 radical (unpaired) electrons. The fourth-order valence-electron chi connectivity index (χ4n) is 2.12. The van der Waals surface area contributed by atoms with E-state index >= 15 is 0 Å². The molecule has 2 heteroatoms. The highest BCUT2D eigenvalue weighted by atomic mass is 14.9. The van der Waals surface area contributed by atoms with Crippen LogP contribution in [0, 0.1) is 5.92 Å². The number of fused-ring (bicyclic) bond motifs is 1. The Morgan fingerprint density at radius 2 is 1.88 bits per heavy atom. The van der Waals surface area contributed by atoms with Gasteiger partial charge in [-0.25, -0.2) is 0 Å². The summed E-state index contributed by atoms with van der Waals surface area (Å²) in [6.45, 7) is 4.48. The number of hydrogen-bond donors (Lipinski definition) is 1. The molecule has 0 aliphatic rings. The summed E-state index contributed by atoms with van der Waals surface area (Å²) < 4.78 is 0. The van der Waals surface area contributed by atoms with E-state index in [0.717, 1.165) is 17.6 Å². The summed E-state index contributed by atoms with van der Waals surface area (Å²) >= 11 is 0. The Balaban J connectivity index is 2.24. The summed E-state index contributed by atoms with van der Waals surface area (Å²) in [4.78, 5) is 4.71. The maximum absolute atomic E-state index is 4.71. The van der Waals surface area contributed by atoms with E-state index in [0.29, 0.717) is 12.0 Å². The van der Waals surface area contributed by atoms with E-state index in [9.17, 15) is 0 Å². The average molecular weight is 228 g/mol. The van der Waals surface area contributed by atoms with Gasteiger partial charge in [0.15, 0.2) is 0 Å². The summed E-state index contributed by atoms with van der Waals surface area (Å²) in [5.74, 6) is 0.619. The summed E-state index contributed by atoms with van der Waals surface area (Å²) in [6.07, 6.45) is 0.985. The monoisotopic (exact) mass is 228 g/mol. The van der Waals surface area contributed by atoms with Gasteiger partial charge in [-0.15, -0.1) is 0 Å². The van der Waals surface area contributed by atoms with Crippen molar-refractivity contribution in [3.8, 4) is 0 Å². The predicted octanol–water partition coefficient (Wildman–Crippen LogP) is 3.02. The molecule has 0 amide bonds. The molecule has 2 aromatic rings. The number of benzene rings is 1. The number of para-hydroxylation sites is 1. The van der Waals surface area contributed by atoms with Crippen LogP contribution < -0.4 is 5.32 Å². The highest BCUT2D eigenvalue weighted by Gasteiger charge is 2.12. The zero-order valence-corrected chi connectivity index (χ0v) is 10.8. The summed E-state index contributed by atoms with van der Waals surface area (Å²) in [7, 11) is 2.02. The lowest BCUT2D eigenvalue weighted by Gasteiger charge is -2.19. The first-order chi connectivity index (χ1) is 8.20. The number of pyridine rings is 1. The van der Waals surface area contributed by atoms with Gasteiger partial charge in [0.25, 0.3) is 0 Å². The van der Waals surface area contributed by atoms with E-state index in [1.807, 2.05) is 19.2 Å². The lowest BCUT2D eigenvalue weighted by atomic mass is 9.99. The molecule has 0 fully saturated rings. The fraction of sp³-hybridized carbons (Fsp3) is 0.400. The van der Waals surface area contributed by atoms with E-state index in [-0.39, 0.29) is 0 Å². The molecule has 17 heavy (non-hydrogen) atoms. The standard InChI is InChI=1S/C15H20N2/c1-11(2)15(16-3)10-13-9-8-12-6-4-5-7-14(12)17-13/h4-9,11,15-16H,10H2,1-3H3. The largest absolute Gasteiger partial charge is 0.316 e. The molecule has 90 valence electrons. The van der Waals surface area contributed by atoms with Gasteiger partial charge in [-0.1, -0.05) is 38.1 Å². The first-order valence-electron chi connectivity index (χ1n) is 6.22. The molecule has 0 saturated heterocycles. The van der Waals surface area contributed by atoms with Crippen LogP contribution in [-0.2, 0) is 6.42 Å². The van der Waals surface area contributed by atoms with Crippen molar-refractivity contribution in [1.29, 1.82) is 0 Å². The lowest BCUT2D eigenvalue weighted by Crippen LogP contribution is -2.33. The van der Waals surface area contributed by atoms with Crippen molar-refractivity contribution in [2.45, 2.75) is 26.3 Å². The molecular weight excluding hydrogens is 208 g/mol. The maximum atomic E-state index is 4.71. The van der Waals surface area contributed by atoms with E-state index < -0.39 is 0 Å². The Morgan fingerprint density at radius 3 is 2.59 bits per heavy atom. The number of nitrogens with zero attached hydrogens (tertiary/aromatic N) is 1. The van der Waals surface area contributed by atoms with Crippen molar-refractivity contribution in [2.75, 3.05) is 7.05 Å². The van der Waals surface area contributed by atoms with Gasteiger partial charge in [0, 0.05) is 23.5 Å². The second-order valence-electron chi connectivity index (χ2n) is 4.84. The van der Waals surface area contributed by atoms with Crippen molar-refractivity contribution in [3.05, 3.63) is 42.1 Å². The Morgan fingerprint density at radius 1 is 1.12 bits per heavy atom. The van der Waals surface area contributed by atoms with Crippen LogP contribution in [0.1, 0.15) is 19.5 Å². The number of nitrogens with one attached hydrogen (secondary N) is 1. The van der Waals surface area contributed by atoms with E-state index in [4.69, 9.17) is 4.98 Å². The number of likely N-dealkylation sites (N-methyl/N-ethyl adjacent to an activating group) is 1. The minimum atomic E-state index is 0.490. The van der Waals surface area contributed by atoms with Crippen molar-refractivity contribution in [1.82, 2.24) is 10.3 Å². The summed E-state index contributed by atoms with van der Waals surface area (Å²) in [5, 5.41) is 4.57. The fourth-order valence-corrected chi connectivity index (χ4v) is 2.12. The van der Waals surface area contributed by atoms with E-state index in [2.05, 4.69) is 43.4 Å². The Labute approximate surface area is 103 Å². The molecule has 1 N–H and O–H groups in total. The molecule has 0 bridgehead atoms. The zero-order chi connectivity index (χ0) is 12.3. The number of hydrogen-bond acceptors (Lipinski definition) is 2. The Hall–Kier alpha value is -1.41. The van der Waals surface area contributed by atoms with Crippen LogP contribution >= 0.6 is 0 Å². The topological polar surface area (TPSA) is 24.9 Å². The van der Waals surface area contributed by atoms with Gasteiger partial charge in [0.2, 0.25) is 0 Å². The molecule has 1 unspecified atom stereocenters. The van der Waals surface area contributed by atoms with Crippen LogP contribution in [0.2, 0.25) is 0 Å². The van der Waals surface area contributed by atoms with Crippen LogP contribution in [0.25, 0.3) is 10.9 Å². The molecule has 2 rings (SSSR count). The van der Waals surface area contributed by atoms with Crippen molar-refractivity contribution in [2.24, 2.45) is 5.92 Å². The first kappa shape index (κ1) is 12.1. The quantitative estimate of drug-likeness (QED) is 0.870. The van der Waals surface area contributed by atoms with Gasteiger partial charge in [0.1, 0.15) is 0 Å². The highest BCUT2D eigenvalue weighted by molar-refractivity contribution is 5.78. The van der Waals surface area contributed by atoms with E-state index in [1.165, 1.54) is 5.39 Å².